The molecule has 30 heavy (non-hydrogen) atoms. The highest BCUT2D eigenvalue weighted by Gasteiger charge is 2.26. The van der Waals surface area contributed by atoms with Crippen molar-refractivity contribution in [3.63, 3.8) is 0 Å². The first-order valence-electron chi connectivity index (χ1n) is 10.1. The first kappa shape index (κ1) is 19.0. The first-order valence-corrected chi connectivity index (χ1v) is 10.4. The number of hydrogen-bond donors (Lipinski definition) is 1. The van der Waals surface area contributed by atoms with Crippen molar-refractivity contribution >= 4 is 23.2 Å². The Balaban J connectivity index is 1.53. The maximum atomic E-state index is 14.5. The molecule has 5 rings (SSSR count). The smallest absolute Gasteiger partial charge is 0.253 e. The van der Waals surface area contributed by atoms with Crippen LogP contribution in [0.15, 0.2) is 42.6 Å². The molecular formula is C23H20ClFN4O. The van der Waals surface area contributed by atoms with Gasteiger partial charge in [-0.3, -0.25) is 9.78 Å². The second-order valence-electron chi connectivity index (χ2n) is 7.65. The summed E-state index contributed by atoms with van der Waals surface area (Å²) in [6.45, 7) is 2.44. The molecule has 0 atom stereocenters. The lowest BCUT2D eigenvalue weighted by atomic mass is 9.99. The molecule has 152 valence electrons. The molecule has 4 heterocycles. The molecule has 1 amide bonds. The molecular weight excluding hydrogens is 403 g/mol. The van der Waals surface area contributed by atoms with E-state index in [9.17, 15) is 9.18 Å². The zero-order valence-corrected chi connectivity index (χ0v) is 17.0. The summed E-state index contributed by atoms with van der Waals surface area (Å²) in [5.41, 5.74) is 4.57. The Morgan fingerprint density at radius 1 is 1.13 bits per heavy atom. The summed E-state index contributed by atoms with van der Waals surface area (Å²) >= 11 is 6.26. The fraction of sp³-hybridized carbons (Fsp3) is 0.261. The second kappa shape index (κ2) is 7.69. The average Bonchev–Trinajstić information content (AvgIpc) is 3.39. The molecule has 2 aromatic heterocycles. The van der Waals surface area contributed by atoms with Crippen LogP contribution in [-0.4, -0.2) is 29.0 Å². The SMILES string of the molecule is O=C1NCc2nc(-c3c(F)cccc3Cl)cc(Cc3ccc(N4CCCC4)cn3)c21. The lowest BCUT2D eigenvalue weighted by Crippen LogP contribution is -2.17. The summed E-state index contributed by atoms with van der Waals surface area (Å²) < 4.78 is 14.5. The van der Waals surface area contributed by atoms with E-state index in [-0.39, 0.29) is 11.5 Å². The van der Waals surface area contributed by atoms with Crippen molar-refractivity contribution in [3.8, 4) is 11.3 Å². The minimum atomic E-state index is -0.439. The van der Waals surface area contributed by atoms with Crippen LogP contribution in [0.5, 0.6) is 0 Å². The monoisotopic (exact) mass is 422 g/mol. The van der Waals surface area contributed by atoms with Crippen LogP contribution in [0.2, 0.25) is 5.02 Å². The van der Waals surface area contributed by atoms with Crippen molar-refractivity contribution in [1.82, 2.24) is 15.3 Å². The summed E-state index contributed by atoms with van der Waals surface area (Å²) in [6.07, 6.45) is 4.76. The highest BCUT2D eigenvalue weighted by molar-refractivity contribution is 6.33. The van der Waals surface area contributed by atoms with E-state index in [4.69, 9.17) is 11.6 Å². The summed E-state index contributed by atoms with van der Waals surface area (Å²) in [5.74, 6) is -0.598. The van der Waals surface area contributed by atoms with Gasteiger partial charge in [-0.2, -0.15) is 0 Å². The number of carbonyl (C=O) groups is 1. The van der Waals surface area contributed by atoms with Crippen LogP contribution in [0.3, 0.4) is 0 Å². The van der Waals surface area contributed by atoms with Crippen LogP contribution < -0.4 is 10.2 Å². The molecule has 0 radical (unpaired) electrons. The number of nitrogens with one attached hydrogen (secondary N) is 1. The van der Waals surface area contributed by atoms with Crippen LogP contribution >= 0.6 is 11.6 Å². The van der Waals surface area contributed by atoms with Crippen molar-refractivity contribution in [2.45, 2.75) is 25.8 Å². The number of fused-ring (bicyclic) bond motifs is 1. The summed E-state index contributed by atoms with van der Waals surface area (Å²) in [4.78, 5) is 23.9. The van der Waals surface area contributed by atoms with Gasteiger partial charge in [0.05, 0.1) is 46.0 Å². The number of aromatic nitrogens is 2. The van der Waals surface area contributed by atoms with Crippen molar-refractivity contribution in [1.29, 1.82) is 0 Å². The van der Waals surface area contributed by atoms with Crippen molar-refractivity contribution in [2.75, 3.05) is 18.0 Å². The van der Waals surface area contributed by atoms with Gasteiger partial charge in [0.2, 0.25) is 0 Å². The van der Waals surface area contributed by atoms with Gasteiger partial charge in [0.1, 0.15) is 5.82 Å². The van der Waals surface area contributed by atoms with Gasteiger partial charge >= 0.3 is 0 Å². The number of benzene rings is 1. The summed E-state index contributed by atoms with van der Waals surface area (Å²) in [7, 11) is 0. The van der Waals surface area contributed by atoms with Crippen LogP contribution in [0.25, 0.3) is 11.3 Å². The van der Waals surface area contributed by atoms with Crippen molar-refractivity contribution in [2.24, 2.45) is 0 Å². The highest BCUT2D eigenvalue weighted by Crippen LogP contribution is 2.33. The Hall–Kier alpha value is -2.99. The molecule has 1 aromatic carbocycles. The molecule has 0 aliphatic carbocycles. The third kappa shape index (κ3) is 3.41. The van der Waals surface area contributed by atoms with Crippen LogP contribution in [0.1, 0.15) is 40.2 Å². The van der Waals surface area contributed by atoms with E-state index in [1.165, 1.54) is 18.9 Å². The zero-order valence-electron chi connectivity index (χ0n) is 16.3. The van der Waals surface area contributed by atoms with E-state index in [2.05, 4.69) is 26.3 Å². The molecule has 1 N–H and O–H groups in total. The maximum Gasteiger partial charge on any atom is 0.253 e. The molecule has 7 heteroatoms. The van der Waals surface area contributed by atoms with Gasteiger partial charge in [-0.25, -0.2) is 9.37 Å². The molecule has 0 bridgehead atoms. The number of carbonyl (C=O) groups excluding carboxylic acids is 1. The molecule has 0 saturated carbocycles. The van der Waals surface area contributed by atoms with E-state index in [0.29, 0.717) is 34.9 Å². The van der Waals surface area contributed by atoms with E-state index in [0.717, 1.165) is 30.0 Å². The van der Waals surface area contributed by atoms with E-state index < -0.39 is 5.82 Å². The number of hydrogen-bond acceptors (Lipinski definition) is 4. The lowest BCUT2D eigenvalue weighted by molar-refractivity contribution is 0.0965. The molecule has 1 fully saturated rings. The fourth-order valence-electron chi connectivity index (χ4n) is 4.20. The van der Waals surface area contributed by atoms with Gasteiger partial charge in [-0.05, 0) is 48.7 Å². The number of rotatable bonds is 4. The van der Waals surface area contributed by atoms with Crippen LogP contribution in [0.4, 0.5) is 10.1 Å². The van der Waals surface area contributed by atoms with Crippen LogP contribution in [0, 0.1) is 5.82 Å². The molecule has 0 spiro atoms. The van der Waals surface area contributed by atoms with E-state index in [1.54, 1.807) is 18.2 Å². The van der Waals surface area contributed by atoms with E-state index >= 15 is 0 Å². The standard InChI is InChI=1S/C23H20ClFN4O/c24-17-4-3-5-18(25)22(17)19-11-14(21-20(28-19)13-27-23(21)30)10-15-6-7-16(12-26-15)29-8-1-2-9-29/h3-7,11-12H,1-2,8-10,13H2,(H,27,30). The average molecular weight is 423 g/mol. The minimum Gasteiger partial charge on any atom is -0.370 e. The summed E-state index contributed by atoms with van der Waals surface area (Å²) in [6, 6.07) is 10.4. The zero-order chi connectivity index (χ0) is 20.7. The molecule has 1 saturated heterocycles. The molecule has 5 nitrogen and oxygen atoms in total. The number of halogens is 2. The second-order valence-corrected chi connectivity index (χ2v) is 8.05. The molecule has 2 aliphatic heterocycles. The third-order valence-electron chi connectivity index (χ3n) is 5.69. The first-order chi connectivity index (χ1) is 14.6. The number of anilines is 1. The maximum absolute atomic E-state index is 14.5. The van der Waals surface area contributed by atoms with Crippen LogP contribution in [-0.2, 0) is 13.0 Å². The molecule has 0 unspecified atom stereocenters. The normalized spacial score (nSPS) is 15.4. The largest absolute Gasteiger partial charge is 0.370 e. The third-order valence-corrected chi connectivity index (χ3v) is 6.01. The van der Waals surface area contributed by atoms with E-state index in [1.807, 2.05) is 12.3 Å². The highest BCUT2D eigenvalue weighted by atomic mass is 35.5. The van der Waals surface area contributed by atoms with Crippen molar-refractivity contribution < 1.29 is 9.18 Å². The Labute approximate surface area is 178 Å². The van der Waals surface area contributed by atoms with Gasteiger partial charge < -0.3 is 10.2 Å². The van der Waals surface area contributed by atoms with Crippen molar-refractivity contribution in [3.05, 3.63) is 75.9 Å². The summed E-state index contributed by atoms with van der Waals surface area (Å²) in [5, 5.41) is 3.10. The Kier molecular flexibility index (Phi) is 4.87. The Bertz CT molecular complexity index is 1110. The van der Waals surface area contributed by atoms with Gasteiger partial charge in [-0.1, -0.05) is 17.7 Å². The quantitative estimate of drug-likeness (QED) is 0.678. The van der Waals surface area contributed by atoms with Gasteiger partial charge in [0, 0.05) is 25.2 Å². The Morgan fingerprint density at radius 2 is 1.97 bits per heavy atom. The fourth-order valence-corrected chi connectivity index (χ4v) is 4.46. The minimum absolute atomic E-state index is 0.160. The molecule has 3 aromatic rings. The van der Waals surface area contributed by atoms with Gasteiger partial charge in [0.25, 0.3) is 5.91 Å². The Morgan fingerprint density at radius 3 is 2.70 bits per heavy atom. The number of nitrogens with zero attached hydrogens (tertiary/aromatic N) is 3. The number of amides is 1. The number of pyridine rings is 2. The molecule has 2 aliphatic rings. The lowest BCUT2D eigenvalue weighted by Gasteiger charge is -2.17. The predicted octanol–water partition coefficient (Wildman–Crippen LogP) is 4.37. The van der Waals surface area contributed by atoms with Gasteiger partial charge in [-0.15, -0.1) is 0 Å². The topological polar surface area (TPSA) is 58.1 Å². The van der Waals surface area contributed by atoms with Gasteiger partial charge in [0.15, 0.2) is 0 Å². The predicted molar refractivity (Wildman–Crippen MR) is 114 cm³/mol.